The van der Waals surface area contributed by atoms with E-state index in [0.29, 0.717) is 5.75 Å². The van der Waals surface area contributed by atoms with E-state index < -0.39 is 0 Å². The van der Waals surface area contributed by atoms with Gasteiger partial charge in [0.1, 0.15) is 17.2 Å². The van der Waals surface area contributed by atoms with Gasteiger partial charge in [-0.05, 0) is 49.2 Å². The average molecular weight is 244 g/mol. The minimum Gasteiger partial charge on any atom is -0.508 e. The zero-order valence-electron chi connectivity index (χ0n) is 10.4. The topological polar surface area (TPSA) is 49.7 Å². The summed E-state index contributed by atoms with van der Waals surface area (Å²) < 4.78 is 5.57. The third kappa shape index (κ3) is 2.94. The molecule has 0 radical (unpaired) electrons. The number of benzene rings is 2. The van der Waals surface area contributed by atoms with Crippen LogP contribution in [0, 0.1) is 0 Å². The Morgan fingerprint density at radius 2 is 1.50 bits per heavy atom. The van der Waals surface area contributed by atoms with E-state index in [4.69, 9.17) is 4.74 Å². The number of hydrogen-bond acceptors (Lipinski definition) is 3. The van der Waals surface area contributed by atoms with Gasteiger partial charge in [-0.1, -0.05) is 12.1 Å². The Bertz CT molecular complexity index is 530. The molecular formula is C15H16O3. The standard InChI is InChI=1S/C15H16O3/c1-10(2)18-15-8-12(7-14(17)9-15)11-3-5-13(16)6-4-11/h3-10,16-17H,1-2H3. The highest BCUT2D eigenvalue weighted by Gasteiger charge is 2.05. The van der Waals surface area contributed by atoms with Crippen LogP contribution in [0.15, 0.2) is 42.5 Å². The minimum absolute atomic E-state index is 0.0551. The van der Waals surface area contributed by atoms with Gasteiger partial charge >= 0.3 is 0 Å². The summed E-state index contributed by atoms with van der Waals surface area (Å²) >= 11 is 0. The molecule has 2 rings (SSSR count). The van der Waals surface area contributed by atoms with E-state index in [-0.39, 0.29) is 17.6 Å². The van der Waals surface area contributed by atoms with Gasteiger partial charge in [-0.15, -0.1) is 0 Å². The Balaban J connectivity index is 2.38. The molecule has 0 heterocycles. The largest absolute Gasteiger partial charge is 0.508 e. The first-order valence-electron chi connectivity index (χ1n) is 5.85. The maximum absolute atomic E-state index is 9.69. The maximum Gasteiger partial charge on any atom is 0.123 e. The van der Waals surface area contributed by atoms with E-state index in [0.717, 1.165) is 11.1 Å². The first-order valence-corrected chi connectivity index (χ1v) is 5.85. The second kappa shape index (κ2) is 5.00. The SMILES string of the molecule is CC(C)Oc1cc(O)cc(-c2ccc(O)cc2)c1. The summed E-state index contributed by atoms with van der Waals surface area (Å²) in [5, 5.41) is 19.0. The summed E-state index contributed by atoms with van der Waals surface area (Å²) in [5.74, 6) is 1.02. The number of phenolic OH excluding ortho intramolecular Hbond substituents is 2. The lowest BCUT2D eigenvalue weighted by Crippen LogP contribution is -2.05. The van der Waals surface area contributed by atoms with E-state index >= 15 is 0 Å². The molecule has 2 aromatic rings. The number of aromatic hydroxyl groups is 2. The first-order chi connectivity index (χ1) is 8.54. The van der Waals surface area contributed by atoms with Crippen molar-refractivity contribution in [1.82, 2.24) is 0 Å². The Morgan fingerprint density at radius 1 is 0.833 bits per heavy atom. The van der Waals surface area contributed by atoms with Gasteiger partial charge in [0.2, 0.25) is 0 Å². The molecule has 94 valence electrons. The molecule has 0 fully saturated rings. The third-order valence-corrected chi connectivity index (χ3v) is 2.46. The van der Waals surface area contributed by atoms with E-state index in [1.54, 1.807) is 36.4 Å². The Kier molecular flexibility index (Phi) is 3.42. The lowest BCUT2D eigenvalue weighted by molar-refractivity contribution is 0.241. The zero-order valence-corrected chi connectivity index (χ0v) is 10.4. The fourth-order valence-corrected chi connectivity index (χ4v) is 1.74. The van der Waals surface area contributed by atoms with Crippen LogP contribution < -0.4 is 4.74 Å². The Labute approximate surface area is 106 Å². The zero-order chi connectivity index (χ0) is 13.1. The van der Waals surface area contributed by atoms with Crippen molar-refractivity contribution in [1.29, 1.82) is 0 Å². The predicted molar refractivity (Wildman–Crippen MR) is 71.0 cm³/mol. The summed E-state index contributed by atoms with van der Waals surface area (Å²) in [4.78, 5) is 0. The average Bonchev–Trinajstić information content (AvgIpc) is 2.28. The van der Waals surface area contributed by atoms with Crippen LogP contribution in [0.4, 0.5) is 0 Å². The van der Waals surface area contributed by atoms with Gasteiger partial charge in [0.15, 0.2) is 0 Å². The lowest BCUT2D eigenvalue weighted by Gasteiger charge is -2.12. The number of hydrogen-bond donors (Lipinski definition) is 2. The summed E-state index contributed by atoms with van der Waals surface area (Å²) in [7, 11) is 0. The molecular weight excluding hydrogens is 228 g/mol. The quantitative estimate of drug-likeness (QED) is 0.868. The van der Waals surface area contributed by atoms with Gasteiger partial charge in [0.25, 0.3) is 0 Å². The van der Waals surface area contributed by atoms with Crippen molar-refractivity contribution in [2.24, 2.45) is 0 Å². The van der Waals surface area contributed by atoms with Crippen molar-refractivity contribution in [3.63, 3.8) is 0 Å². The normalized spacial score (nSPS) is 10.6. The van der Waals surface area contributed by atoms with Crippen molar-refractivity contribution in [3.05, 3.63) is 42.5 Å². The van der Waals surface area contributed by atoms with Gasteiger partial charge in [-0.25, -0.2) is 0 Å². The summed E-state index contributed by atoms with van der Waals surface area (Å²) in [6.45, 7) is 3.87. The van der Waals surface area contributed by atoms with Gasteiger partial charge in [-0.2, -0.15) is 0 Å². The van der Waals surface area contributed by atoms with Crippen LogP contribution in [0.3, 0.4) is 0 Å². The second-order valence-electron chi connectivity index (χ2n) is 4.43. The van der Waals surface area contributed by atoms with Crippen molar-refractivity contribution in [2.75, 3.05) is 0 Å². The fourth-order valence-electron chi connectivity index (χ4n) is 1.74. The van der Waals surface area contributed by atoms with Gasteiger partial charge in [-0.3, -0.25) is 0 Å². The summed E-state index contributed by atoms with van der Waals surface area (Å²) in [6.07, 6.45) is 0.0551. The molecule has 0 saturated carbocycles. The number of ether oxygens (including phenoxy) is 1. The van der Waals surface area contributed by atoms with E-state index in [9.17, 15) is 10.2 Å². The Morgan fingerprint density at radius 3 is 2.11 bits per heavy atom. The molecule has 0 saturated heterocycles. The third-order valence-electron chi connectivity index (χ3n) is 2.46. The molecule has 0 amide bonds. The summed E-state index contributed by atoms with van der Waals surface area (Å²) in [5.41, 5.74) is 1.77. The molecule has 2 N–H and O–H groups in total. The molecule has 0 atom stereocenters. The van der Waals surface area contributed by atoms with Crippen LogP contribution in [-0.4, -0.2) is 16.3 Å². The molecule has 0 aromatic heterocycles. The van der Waals surface area contributed by atoms with Crippen LogP contribution in [-0.2, 0) is 0 Å². The minimum atomic E-state index is 0.0551. The van der Waals surface area contributed by atoms with E-state index in [2.05, 4.69) is 0 Å². The van der Waals surface area contributed by atoms with E-state index in [1.807, 2.05) is 19.9 Å². The number of rotatable bonds is 3. The highest BCUT2D eigenvalue weighted by molar-refractivity contribution is 5.67. The molecule has 3 heteroatoms. The van der Waals surface area contributed by atoms with Crippen LogP contribution in [0.5, 0.6) is 17.2 Å². The monoisotopic (exact) mass is 244 g/mol. The first kappa shape index (κ1) is 12.3. The second-order valence-corrected chi connectivity index (χ2v) is 4.43. The van der Waals surface area contributed by atoms with Gasteiger partial charge < -0.3 is 14.9 Å². The van der Waals surface area contributed by atoms with Crippen LogP contribution >= 0.6 is 0 Å². The van der Waals surface area contributed by atoms with E-state index in [1.165, 1.54) is 0 Å². The molecule has 0 aliphatic rings. The molecule has 0 aliphatic carbocycles. The highest BCUT2D eigenvalue weighted by atomic mass is 16.5. The van der Waals surface area contributed by atoms with Crippen LogP contribution in [0.2, 0.25) is 0 Å². The molecule has 0 spiro atoms. The highest BCUT2D eigenvalue weighted by Crippen LogP contribution is 2.30. The van der Waals surface area contributed by atoms with Crippen molar-refractivity contribution in [3.8, 4) is 28.4 Å². The maximum atomic E-state index is 9.69. The van der Waals surface area contributed by atoms with Crippen LogP contribution in [0.1, 0.15) is 13.8 Å². The lowest BCUT2D eigenvalue weighted by atomic mass is 10.0. The predicted octanol–water partition coefficient (Wildman–Crippen LogP) is 3.55. The molecule has 0 aliphatic heterocycles. The number of phenols is 2. The molecule has 0 bridgehead atoms. The molecule has 3 nitrogen and oxygen atoms in total. The van der Waals surface area contributed by atoms with Gasteiger partial charge in [0.05, 0.1) is 6.10 Å². The fraction of sp³-hybridized carbons (Fsp3) is 0.200. The van der Waals surface area contributed by atoms with Crippen molar-refractivity contribution >= 4 is 0 Å². The summed E-state index contributed by atoms with van der Waals surface area (Å²) in [6, 6.07) is 11.9. The van der Waals surface area contributed by atoms with Crippen LogP contribution in [0.25, 0.3) is 11.1 Å². The van der Waals surface area contributed by atoms with Gasteiger partial charge in [0, 0.05) is 6.07 Å². The van der Waals surface area contributed by atoms with Crippen molar-refractivity contribution < 1.29 is 14.9 Å². The Hall–Kier alpha value is -2.16. The van der Waals surface area contributed by atoms with Crippen molar-refractivity contribution in [2.45, 2.75) is 20.0 Å². The molecule has 18 heavy (non-hydrogen) atoms. The smallest absolute Gasteiger partial charge is 0.123 e. The molecule has 2 aromatic carbocycles. The molecule has 0 unspecified atom stereocenters.